The first-order chi connectivity index (χ1) is 9.74. The standard InChI is InChI=1S/C15H15FN2O2/c16-10-5-6-14-11(9-10)12(4-2-8-20-14)18-15(19)13-3-1-7-17-13/h1,3,5-7,9,12,17H,2,4,8H2,(H,18,19)/t12-/m1/s1. The molecule has 104 valence electrons. The molecule has 1 aromatic carbocycles. The zero-order valence-electron chi connectivity index (χ0n) is 10.9. The van der Waals surface area contributed by atoms with Crippen LogP contribution in [-0.4, -0.2) is 17.5 Å². The molecule has 0 saturated heterocycles. The van der Waals surface area contributed by atoms with E-state index in [9.17, 15) is 9.18 Å². The lowest BCUT2D eigenvalue weighted by Gasteiger charge is -2.18. The molecule has 1 aliphatic heterocycles. The van der Waals surface area contributed by atoms with Crippen molar-refractivity contribution in [1.29, 1.82) is 0 Å². The van der Waals surface area contributed by atoms with Crippen molar-refractivity contribution in [3.63, 3.8) is 0 Å². The van der Waals surface area contributed by atoms with Crippen LogP contribution in [0.25, 0.3) is 0 Å². The number of H-pyrrole nitrogens is 1. The molecule has 1 amide bonds. The highest BCUT2D eigenvalue weighted by Gasteiger charge is 2.22. The van der Waals surface area contributed by atoms with Crippen LogP contribution in [0, 0.1) is 5.82 Å². The van der Waals surface area contributed by atoms with E-state index in [1.165, 1.54) is 12.1 Å². The Balaban J connectivity index is 1.86. The molecular weight excluding hydrogens is 259 g/mol. The zero-order valence-corrected chi connectivity index (χ0v) is 10.9. The molecule has 1 aromatic heterocycles. The van der Waals surface area contributed by atoms with Crippen LogP contribution in [0.2, 0.25) is 0 Å². The van der Waals surface area contributed by atoms with Gasteiger partial charge in [-0.25, -0.2) is 4.39 Å². The maximum atomic E-state index is 13.4. The predicted octanol–water partition coefficient (Wildman–Crippen LogP) is 2.80. The van der Waals surface area contributed by atoms with Gasteiger partial charge in [-0.05, 0) is 43.2 Å². The summed E-state index contributed by atoms with van der Waals surface area (Å²) in [5.41, 5.74) is 1.19. The average Bonchev–Trinajstić information content (AvgIpc) is 2.91. The van der Waals surface area contributed by atoms with E-state index < -0.39 is 0 Å². The van der Waals surface area contributed by atoms with Gasteiger partial charge in [0.1, 0.15) is 17.3 Å². The number of rotatable bonds is 2. The maximum Gasteiger partial charge on any atom is 0.268 e. The minimum Gasteiger partial charge on any atom is -0.493 e. The Morgan fingerprint density at radius 3 is 3.10 bits per heavy atom. The molecule has 0 fully saturated rings. The number of fused-ring (bicyclic) bond motifs is 1. The third-order valence-electron chi connectivity index (χ3n) is 3.39. The van der Waals surface area contributed by atoms with Crippen molar-refractivity contribution in [3.05, 3.63) is 53.6 Å². The number of carbonyl (C=O) groups is 1. The van der Waals surface area contributed by atoms with Gasteiger partial charge in [-0.15, -0.1) is 0 Å². The lowest BCUT2D eigenvalue weighted by molar-refractivity contribution is 0.0930. The summed E-state index contributed by atoms with van der Waals surface area (Å²) in [6.07, 6.45) is 3.23. The van der Waals surface area contributed by atoms with Crippen LogP contribution < -0.4 is 10.1 Å². The van der Waals surface area contributed by atoms with E-state index in [0.717, 1.165) is 12.8 Å². The SMILES string of the molecule is O=C(N[C@@H]1CCCOc2ccc(F)cc21)c1ccc[nH]1. The predicted molar refractivity (Wildman–Crippen MR) is 72.1 cm³/mol. The van der Waals surface area contributed by atoms with E-state index in [0.29, 0.717) is 23.6 Å². The lowest BCUT2D eigenvalue weighted by Crippen LogP contribution is -2.28. The molecule has 0 bridgehead atoms. The Bertz CT molecular complexity index is 610. The van der Waals surface area contributed by atoms with Crippen LogP contribution in [0.4, 0.5) is 4.39 Å². The number of hydrogen-bond donors (Lipinski definition) is 2. The first-order valence-corrected chi connectivity index (χ1v) is 6.60. The Labute approximate surface area is 116 Å². The first-order valence-electron chi connectivity index (χ1n) is 6.60. The first kappa shape index (κ1) is 12.7. The fourth-order valence-corrected chi connectivity index (χ4v) is 2.41. The Hall–Kier alpha value is -2.30. The summed E-state index contributed by atoms with van der Waals surface area (Å²) in [5, 5.41) is 2.93. The van der Waals surface area contributed by atoms with Crippen molar-refractivity contribution in [2.45, 2.75) is 18.9 Å². The highest BCUT2D eigenvalue weighted by atomic mass is 19.1. The summed E-state index contributed by atoms with van der Waals surface area (Å²) in [5.74, 6) is 0.117. The molecule has 2 heterocycles. The molecule has 4 nitrogen and oxygen atoms in total. The number of hydrogen-bond acceptors (Lipinski definition) is 2. The normalized spacial score (nSPS) is 17.8. The van der Waals surface area contributed by atoms with Gasteiger partial charge in [0.25, 0.3) is 5.91 Å². The van der Waals surface area contributed by atoms with Crippen molar-refractivity contribution in [1.82, 2.24) is 10.3 Å². The summed E-state index contributed by atoms with van der Waals surface area (Å²) in [4.78, 5) is 15.0. The third-order valence-corrected chi connectivity index (χ3v) is 3.39. The number of aromatic amines is 1. The highest BCUT2D eigenvalue weighted by molar-refractivity contribution is 5.92. The van der Waals surface area contributed by atoms with E-state index in [-0.39, 0.29) is 17.8 Å². The number of benzene rings is 1. The van der Waals surface area contributed by atoms with E-state index in [1.807, 2.05) is 0 Å². The Morgan fingerprint density at radius 1 is 1.40 bits per heavy atom. The summed E-state index contributed by atoms with van der Waals surface area (Å²) in [7, 11) is 0. The molecule has 1 atom stereocenters. The second-order valence-corrected chi connectivity index (χ2v) is 4.78. The number of nitrogens with one attached hydrogen (secondary N) is 2. The van der Waals surface area contributed by atoms with E-state index >= 15 is 0 Å². The molecule has 0 unspecified atom stereocenters. The van der Waals surface area contributed by atoms with Crippen molar-refractivity contribution in [2.75, 3.05) is 6.61 Å². The van der Waals surface area contributed by atoms with Crippen molar-refractivity contribution >= 4 is 5.91 Å². The lowest BCUT2D eigenvalue weighted by atomic mass is 10.0. The molecule has 2 aromatic rings. The van der Waals surface area contributed by atoms with Gasteiger partial charge in [0.15, 0.2) is 0 Å². The summed E-state index contributed by atoms with van der Waals surface area (Å²) in [6.45, 7) is 0.577. The van der Waals surface area contributed by atoms with Crippen LogP contribution in [0.15, 0.2) is 36.5 Å². The molecule has 5 heteroatoms. The minimum atomic E-state index is -0.326. The second kappa shape index (κ2) is 5.36. The zero-order chi connectivity index (χ0) is 13.9. The monoisotopic (exact) mass is 274 g/mol. The largest absolute Gasteiger partial charge is 0.493 e. The topological polar surface area (TPSA) is 54.1 Å². The van der Waals surface area contributed by atoms with Gasteiger partial charge in [-0.3, -0.25) is 4.79 Å². The average molecular weight is 274 g/mol. The minimum absolute atomic E-state index is 0.197. The van der Waals surface area contributed by atoms with Gasteiger partial charge in [0.2, 0.25) is 0 Å². The molecule has 0 radical (unpaired) electrons. The molecule has 20 heavy (non-hydrogen) atoms. The number of carbonyl (C=O) groups excluding carboxylic acids is 1. The van der Waals surface area contributed by atoms with Crippen molar-refractivity contribution in [2.24, 2.45) is 0 Å². The summed E-state index contributed by atoms with van der Waals surface area (Å²) in [6, 6.07) is 7.64. The smallest absolute Gasteiger partial charge is 0.268 e. The van der Waals surface area contributed by atoms with Crippen molar-refractivity contribution in [3.8, 4) is 5.75 Å². The number of ether oxygens (including phenoxy) is 1. The van der Waals surface area contributed by atoms with Crippen LogP contribution >= 0.6 is 0 Å². The van der Waals surface area contributed by atoms with E-state index in [4.69, 9.17) is 4.74 Å². The second-order valence-electron chi connectivity index (χ2n) is 4.78. The molecule has 0 aliphatic carbocycles. The fraction of sp³-hybridized carbons (Fsp3) is 0.267. The molecule has 0 spiro atoms. The van der Waals surface area contributed by atoms with Crippen LogP contribution in [0.5, 0.6) is 5.75 Å². The highest BCUT2D eigenvalue weighted by Crippen LogP contribution is 2.32. The number of halogens is 1. The third kappa shape index (κ3) is 2.52. The van der Waals surface area contributed by atoms with E-state index in [1.54, 1.807) is 24.4 Å². The fourth-order valence-electron chi connectivity index (χ4n) is 2.41. The molecule has 2 N–H and O–H groups in total. The quantitative estimate of drug-likeness (QED) is 0.884. The van der Waals surface area contributed by atoms with Gasteiger partial charge < -0.3 is 15.0 Å². The van der Waals surface area contributed by atoms with Crippen molar-refractivity contribution < 1.29 is 13.9 Å². The Kier molecular flexibility index (Phi) is 3.41. The van der Waals surface area contributed by atoms with Gasteiger partial charge in [0, 0.05) is 11.8 Å². The van der Waals surface area contributed by atoms with Gasteiger partial charge in [-0.2, -0.15) is 0 Å². The number of amides is 1. The number of aromatic nitrogens is 1. The maximum absolute atomic E-state index is 13.4. The van der Waals surface area contributed by atoms with Crippen LogP contribution in [-0.2, 0) is 0 Å². The molecule has 3 rings (SSSR count). The van der Waals surface area contributed by atoms with Gasteiger partial charge >= 0.3 is 0 Å². The van der Waals surface area contributed by atoms with Gasteiger partial charge in [-0.1, -0.05) is 0 Å². The molecule has 1 aliphatic rings. The van der Waals surface area contributed by atoms with E-state index in [2.05, 4.69) is 10.3 Å². The summed E-state index contributed by atoms with van der Waals surface area (Å²) < 4.78 is 19.0. The molecule has 0 saturated carbocycles. The molecular formula is C15H15FN2O2. The summed E-state index contributed by atoms with van der Waals surface area (Å²) >= 11 is 0. The Morgan fingerprint density at radius 2 is 2.30 bits per heavy atom. The van der Waals surface area contributed by atoms with Gasteiger partial charge in [0.05, 0.1) is 12.6 Å². The van der Waals surface area contributed by atoms with Crippen LogP contribution in [0.3, 0.4) is 0 Å². The van der Waals surface area contributed by atoms with Crippen LogP contribution in [0.1, 0.15) is 34.9 Å².